The van der Waals surface area contributed by atoms with Gasteiger partial charge in [0.25, 0.3) is 0 Å². The molecule has 0 fully saturated rings. The van der Waals surface area contributed by atoms with Crippen molar-refractivity contribution in [2.75, 3.05) is 0 Å². The zero-order chi connectivity index (χ0) is 11.8. The maximum Gasteiger partial charge on any atom is 0.149 e. The Morgan fingerprint density at radius 2 is 2.06 bits per heavy atom. The summed E-state index contributed by atoms with van der Waals surface area (Å²) in [7, 11) is 0. The molecule has 0 aliphatic rings. The number of fused-ring (bicyclic) bond motifs is 1. The fraction of sp³-hybridized carbons (Fsp3) is 0.0833. The van der Waals surface area contributed by atoms with Gasteiger partial charge in [-0.1, -0.05) is 0 Å². The van der Waals surface area contributed by atoms with Crippen LogP contribution in [0.25, 0.3) is 16.7 Å². The first-order valence-electron chi connectivity index (χ1n) is 5.16. The molecular formula is C12H9FN4. The molecule has 3 aromatic rings. The van der Waals surface area contributed by atoms with Gasteiger partial charge in [-0.15, -0.1) is 0 Å². The van der Waals surface area contributed by atoms with Crippen LogP contribution < -0.4 is 0 Å². The average molecular weight is 228 g/mol. The Labute approximate surface area is 96.8 Å². The molecule has 0 N–H and O–H groups in total. The summed E-state index contributed by atoms with van der Waals surface area (Å²) in [5.74, 6) is 1.24. The summed E-state index contributed by atoms with van der Waals surface area (Å²) >= 11 is 0. The molecule has 2 aromatic heterocycles. The number of aryl methyl sites for hydroxylation is 1. The summed E-state index contributed by atoms with van der Waals surface area (Å²) in [6, 6.07) is 4.48. The summed E-state index contributed by atoms with van der Waals surface area (Å²) in [5, 5.41) is 0.801. The van der Waals surface area contributed by atoms with E-state index >= 15 is 0 Å². The van der Waals surface area contributed by atoms with Gasteiger partial charge in [-0.3, -0.25) is 4.57 Å². The Hall–Kier alpha value is -2.30. The smallest absolute Gasteiger partial charge is 0.149 e. The maximum absolute atomic E-state index is 13.1. The third-order valence-electron chi connectivity index (χ3n) is 2.63. The van der Waals surface area contributed by atoms with Crippen molar-refractivity contribution in [2.24, 2.45) is 0 Å². The van der Waals surface area contributed by atoms with Gasteiger partial charge in [0.05, 0.1) is 5.52 Å². The molecule has 5 heteroatoms. The Balaban J connectivity index is 2.34. The Morgan fingerprint density at radius 1 is 1.18 bits per heavy atom. The van der Waals surface area contributed by atoms with Gasteiger partial charge in [0, 0.05) is 23.8 Å². The van der Waals surface area contributed by atoms with Crippen molar-refractivity contribution in [1.82, 2.24) is 19.5 Å². The highest BCUT2D eigenvalue weighted by Crippen LogP contribution is 2.19. The average Bonchev–Trinajstić information content (AvgIpc) is 2.74. The minimum atomic E-state index is -0.301. The minimum Gasteiger partial charge on any atom is -0.288 e. The van der Waals surface area contributed by atoms with E-state index in [0.29, 0.717) is 11.3 Å². The number of aromatic nitrogens is 4. The van der Waals surface area contributed by atoms with Gasteiger partial charge in [0.2, 0.25) is 0 Å². The lowest BCUT2D eigenvalue weighted by molar-refractivity contribution is 0.629. The van der Waals surface area contributed by atoms with E-state index < -0.39 is 0 Å². The number of benzene rings is 1. The summed E-state index contributed by atoms with van der Waals surface area (Å²) in [6.07, 6.45) is 4.95. The van der Waals surface area contributed by atoms with Gasteiger partial charge in [-0.2, -0.15) is 0 Å². The molecule has 0 saturated heterocycles. The van der Waals surface area contributed by atoms with E-state index in [1.165, 1.54) is 18.5 Å². The van der Waals surface area contributed by atoms with Crippen LogP contribution in [0, 0.1) is 12.7 Å². The quantitative estimate of drug-likeness (QED) is 0.641. The third kappa shape index (κ3) is 1.56. The number of hydrogen-bond acceptors (Lipinski definition) is 3. The van der Waals surface area contributed by atoms with Crippen LogP contribution in [0.2, 0.25) is 0 Å². The summed E-state index contributed by atoms with van der Waals surface area (Å²) in [5.41, 5.74) is 0.586. The van der Waals surface area contributed by atoms with Crippen molar-refractivity contribution in [3.8, 4) is 5.82 Å². The first-order chi connectivity index (χ1) is 8.25. The molecule has 0 aliphatic carbocycles. The minimum absolute atomic E-state index is 0.301. The fourth-order valence-corrected chi connectivity index (χ4v) is 1.81. The molecule has 0 bridgehead atoms. The third-order valence-corrected chi connectivity index (χ3v) is 2.63. The monoisotopic (exact) mass is 228 g/mol. The second kappa shape index (κ2) is 3.62. The van der Waals surface area contributed by atoms with E-state index in [9.17, 15) is 4.39 Å². The molecule has 3 rings (SSSR count). The molecule has 84 valence electrons. The van der Waals surface area contributed by atoms with Gasteiger partial charge >= 0.3 is 0 Å². The number of imidazole rings is 1. The van der Waals surface area contributed by atoms with Crippen LogP contribution in [0.4, 0.5) is 4.39 Å². The van der Waals surface area contributed by atoms with Crippen molar-refractivity contribution in [3.05, 3.63) is 48.6 Å². The van der Waals surface area contributed by atoms with Gasteiger partial charge in [0.15, 0.2) is 0 Å². The molecule has 0 amide bonds. The highest BCUT2D eigenvalue weighted by Gasteiger charge is 2.08. The Bertz CT molecular complexity index is 690. The van der Waals surface area contributed by atoms with E-state index in [0.717, 1.165) is 11.2 Å². The van der Waals surface area contributed by atoms with Crippen LogP contribution in [-0.2, 0) is 0 Å². The zero-order valence-corrected chi connectivity index (χ0v) is 9.13. The predicted octanol–water partition coefficient (Wildman–Crippen LogP) is 2.26. The number of hydrogen-bond donors (Lipinski definition) is 0. The van der Waals surface area contributed by atoms with E-state index in [4.69, 9.17) is 0 Å². The van der Waals surface area contributed by atoms with Crippen molar-refractivity contribution in [3.63, 3.8) is 0 Å². The lowest BCUT2D eigenvalue weighted by atomic mass is 10.2. The molecule has 0 atom stereocenters. The highest BCUT2D eigenvalue weighted by molar-refractivity contribution is 5.85. The Morgan fingerprint density at radius 3 is 2.82 bits per heavy atom. The molecule has 2 heterocycles. The van der Waals surface area contributed by atoms with E-state index in [1.807, 2.05) is 17.7 Å². The molecule has 0 spiro atoms. The second-order valence-corrected chi connectivity index (χ2v) is 3.70. The van der Waals surface area contributed by atoms with Crippen LogP contribution >= 0.6 is 0 Å². The topological polar surface area (TPSA) is 43.6 Å². The van der Waals surface area contributed by atoms with Crippen LogP contribution in [0.5, 0.6) is 0 Å². The number of nitrogens with zero attached hydrogens (tertiary/aromatic N) is 4. The van der Waals surface area contributed by atoms with E-state index in [2.05, 4.69) is 15.0 Å². The summed E-state index contributed by atoms with van der Waals surface area (Å²) < 4.78 is 15.0. The lowest BCUT2D eigenvalue weighted by Gasteiger charge is -2.07. The van der Waals surface area contributed by atoms with Crippen LogP contribution in [0.1, 0.15) is 5.82 Å². The van der Waals surface area contributed by atoms with Crippen LogP contribution in [-0.4, -0.2) is 19.5 Å². The summed E-state index contributed by atoms with van der Waals surface area (Å²) in [4.78, 5) is 12.4. The molecule has 17 heavy (non-hydrogen) atoms. The maximum atomic E-state index is 13.1. The molecule has 0 radical (unpaired) electrons. The van der Waals surface area contributed by atoms with Gasteiger partial charge in [-0.05, 0) is 19.1 Å². The molecular weight excluding hydrogens is 219 g/mol. The fourth-order valence-electron chi connectivity index (χ4n) is 1.81. The molecule has 1 aromatic carbocycles. The second-order valence-electron chi connectivity index (χ2n) is 3.70. The van der Waals surface area contributed by atoms with Crippen molar-refractivity contribution in [1.29, 1.82) is 0 Å². The molecule has 0 aliphatic heterocycles. The van der Waals surface area contributed by atoms with Crippen LogP contribution in [0.15, 0.2) is 36.9 Å². The highest BCUT2D eigenvalue weighted by atomic mass is 19.1. The lowest BCUT2D eigenvalue weighted by Crippen LogP contribution is -2.00. The number of rotatable bonds is 1. The molecule has 4 nitrogen and oxygen atoms in total. The van der Waals surface area contributed by atoms with Gasteiger partial charge in [0.1, 0.15) is 23.8 Å². The largest absolute Gasteiger partial charge is 0.288 e. The standard InChI is InChI=1S/C12H9FN4/c1-8-14-4-5-17(8)12-10-3-2-9(13)6-11(10)15-7-16-12/h2-7H,1H3. The van der Waals surface area contributed by atoms with E-state index in [1.54, 1.807) is 12.3 Å². The first kappa shape index (κ1) is 9.89. The van der Waals surface area contributed by atoms with Crippen molar-refractivity contribution < 1.29 is 4.39 Å². The number of halogens is 1. The van der Waals surface area contributed by atoms with E-state index in [-0.39, 0.29) is 5.82 Å². The zero-order valence-electron chi connectivity index (χ0n) is 9.13. The SMILES string of the molecule is Cc1nccn1-c1ncnc2cc(F)ccc12. The normalized spacial score (nSPS) is 10.9. The Kier molecular flexibility index (Phi) is 2.11. The van der Waals surface area contributed by atoms with Crippen molar-refractivity contribution in [2.45, 2.75) is 6.92 Å². The summed E-state index contributed by atoms with van der Waals surface area (Å²) in [6.45, 7) is 1.89. The van der Waals surface area contributed by atoms with Gasteiger partial charge < -0.3 is 0 Å². The molecule has 0 unspecified atom stereocenters. The van der Waals surface area contributed by atoms with Crippen molar-refractivity contribution >= 4 is 10.9 Å². The first-order valence-corrected chi connectivity index (χ1v) is 5.16. The van der Waals surface area contributed by atoms with Crippen LogP contribution in [0.3, 0.4) is 0 Å². The molecule has 0 saturated carbocycles. The predicted molar refractivity (Wildman–Crippen MR) is 61.4 cm³/mol. The van der Waals surface area contributed by atoms with Gasteiger partial charge in [-0.25, -0.2) is 19.3 Å².